The van der Waals surface area contributed by atoms with Crippen LogP contribution in [-0.4, -0.2) is 71.5 Å². The monoisotopic (exact) mass is 742 g/mol. The Bertz CT molecular complexity index is 2040. The number of alkyl halides is 3. The average Bonchev–Trinajstić information content (AvgIpc) is 3.18. The first kappa shape index (κ1) is 38.2. The molecule has 3 aromatic carbocycles. The quantitative estimate of drug-likeness (QED) is 0.144. The average molecular weight is 743 g/mol. The number of aliphatic carboxylic acids is 1. The van der Waals surface area contributed by atoms with Gasteiger partial charge >= 0.3 is 18.1 Å². The molecule has 4 aromatic rings. The van der Waals surface area contributed by atoms with Crippen molar-refractivity contribution in [1.29, 1.82) is 0 Å². The third kappa shape index (κ3) is 9.14. The van der Waals surface area contributed by atoms with Gasteiger partial charge in [-0.1, -0.05) is 18.2 Å². The lowest BCUT2D eigenvalue weighted by molar-refractivity contribution is -0.835. The number of pyridine rings is 1. The molecule has 54 heavy (non-hydrogen) atoms. The van der Waals surface area contributed by atoms with E-state index in [9.17, 15) is 37.5 Å². The molecule has 2 aliphatic heterocycles. The van der Waals surface area contributed by atoms with Crippen LogP contribution in [0.3, 0.4) is 0 Å². The minimum atomic E-state index is -4.50. The van der Waals surface area contributed by atoms with Crippen LogP contribution in [0.25, 0.3) is 11.3 Å². The second-order valence-electron chi connectivity index (χ2n) is 14.3. The van der Waals surface area contributed by atoms with E-state index in [2.05, 4.69) is 20.5 Å². The lowest BCUT2D eigenvalue weighted by Gasteiger charge is -2.37. The highest BCUT2D eigenvalue weighted by Gasteiger charge is 2.38. The minimum absolute atomic E-state index is 0.0307. The lowest BCUT2D eigenvalue weighted by atomic mass is 9.91. The highest BCUT2D eigenvalue weighted by molar-refractivity contribution is 6.07. The summed E-state index contributed by atoms with van der Waals surface area (Å²) < 4.78 is 39.8. The first-order valence-corrected chi connectivity index (χ1v) is 18.1. The number of halogens is 3. The van der Waals surface area contributed by atoms with E-state index in [1.807, 2.05) is 19.2 Å². The topological polar surface area (TPSA) is 129 Å². The second kappa shape index (κ2) is 16.2. The second-order valence-corrected chi connectivity index (χ2v) is 14.3. The first-order valence-electron chi connectivity index (χ1n) is 18.1. The van der Waals surface area contributed by atoms with E-state index in [4.69, 9.17) is 0 Å². The fourth-order valence-corrected chi connectivity index (χ4v) is 7.21. The van der Waals surface area contributed by atoms with E-state index >= 15 is 0 Å². The maximum Gasteiger partial charge on any atom is 0.416 e. The Balaban J connectivity index is 1.23. The Kier molecular flexibility index (Phi) is 11.5. The van der Waals surface area contributed by atoms with Crippen molar-refractivity contribution in [3.8, 4) is 11.3 Å². The van der Waals surface area contributed by atoms with E-state index < -0.39 is 29.5 Å². The first-order chi connectivity index (χ1) is 25.8. The number of benzene rings is 3. The van der Waals surface area contributed by atoms with Crippen LogP contribution in [0.1, 0.15) is 80.7 Å². The molecule has 3 N–H and O–H groups in total. The van der Waals surface area contributed by atoms with Crippen molar-refractivity contribution >= 4 is 35.1 Å². The van der Waals surface area contributed by atoms with Gasteiger partial charge in [0.05, 0.1) is 42.6 Å². The Labute approximate surface area is 311 Å². The summed E-state index contributed by atoms with van der Waals surface area (Å²) in [5.74, 6) is -1.90. The number of hydrogen-bond donors (Lipinski definition) is 3. The van der Waals surface area contributed by atoms with Crippen LogP contribution in [-0.2, 0) is 17.5 Å². The largest absolute Gasteiger partial charge is 0.481 e. The fraction of sp³-hybridized carbons (Fsp3) is 0.341. The zero-order valence-corrected chi connectivity index (χ0v) is 30.0. The third-order valence-corrected chi connectivity index (χ3v) is 10.4. The van der Waals surface area contributed by atoms with E-state index in [0.29, 0.717) is 54.0 Å². The number of rotatable bonds is 10. The van der Waals surface area contributed by atoms with Gasteiger partial charge in [0.2, 0.25) is 0 Å². The van der Waals surface area contributed by atoms with Crippen molar-refractivity contribution in [3.63, 3.8) is 0 Å². The van der Waals surface area contributed by atoms with Gasteiger partial charge in [0.15, 0.2) is 0 Å². The predicted octanol–water partition coefficient (Wildman–Crippen LogP) is 7.41. The predicted molar refractivity (Wildman–Crippen MR) is 198 cm³/mol. The SMILES string of the molecule is C[N+]1(C(=O)c2cccc(C(=O)Nc3ccc(N4CCCCC4)cc3-c3cc(C(=O)NCc4cccc(C(F)(F)F)c4)ccn3)c2)CCC(CC(=O)O)CC1. The standard InChI is InChI=1S/C41H42F3N5O5/c1-49(19-14-27(15-20-49)22-37(50)51)40(54)31-9-6-8-29(23-31)39(53)47-35-12-11-33(48-17-3-2-4-18-48)25-34(35)36-24-30(13-16-45-36)38(52)46-26-28-7-5-10-32(21-28)41(42,43)44/h5-13,16,21,23-25,27H,2-4,14-15,17-20,22,26H2,1H3,(H2-,45,46,47,50,51,52,53)/p+1. The Morgan fingerprint density at radius 2 is 1.56 bits per heavy atom. The molecule has 3 heterocycles. The minimum Gasteiger partial charge on any atom is -0.481 e. The number of carboxylic acids is 1. The number of carbonyl (C=O) groups excluding carboxylic acids is 3. The van der Waals surface area contributed by atoms with E-state index in [1.165, 1.54) is 24.4 Å². The number of nitrogens with zero attached hydrogens (tertiary/aromatic N) is 3. The molecule has 2 fully saturated rings. The zero-order chi connectivity index (χ0) is 38.5. The summed E-state index contributed by atoms with van der Waals surface area (Å²) in [5, 5.41) is 14.9. The molecule has 0 aliphatic carbocycles. The summed E-state index contributed by atoms with van der Waals surface area (Å²) in [6.45, 7) is 2.64. The molecule has 2 saturated heterocycles. The van der Waals surface area contributed by atoms with E-state index in [-0.39, 0.29) is 40.4 Å². The molecular formula is C41H43F3N5O5+. The molecule has 0 spiro atoms. The van der Waals surface area contributed by atoms with Crippen LogP contribution in [0.15, 0.2) is 85.1 Å². The summed E-state index contributed by atoms with van der Waals surface area (Å²) in [4.78, 5) is 58.7. The smallest absolute Gasteiger partial charge is 0.416 e. The van der Waals surface area contributed by atoms with Gasteiger partial charge in [-0.2, -0.15) is 13.2 Å². The summed E-state index contributed by atoms with van der Waals surface area (Å²) in [6.07, 6.45) is 1.53. The third-order valence-electron chi connectivity index (χ3n) is 10.4. The number of piperidine rings is 2. The van der Waals surface area contributed by atoms with E-state index in [0.717, 1.165) is 50.2 Å². The molecule has 0 radical (unpaired) electrons. The molecule has 13 heteroatoms. The van der Waals surface area contributed by atoms with Crippen molar-refractivity contribution in [2.75, 3.05) is 43.4 Å². The highest BCUT2D eigenvalue weighted by Crippen LogP contribution is 2.34. The van der Waals surface area contributed by atoms with Crippen LogP contribution in [0.2, 0.25) is 0 Å². The van der Waals surface area contributed by atoms with Gasteiger partial charge in [0.25, 0.3) is 11.8 Å². The molecule has 282 valence electrons. The zero-order valence-electron chi connectivity index (χ0n) is 30.0. The number of nitrogens with one attached hydrogen (secondary N) is 2. The molecule has 0 atom stereocenters. The van der Waals surface area contributed by atoms with Crippen LogP contribution in [0.4, 0.5) is 24.5 Å². The summed E-state index contributed by atoms with van der Waals surface area (Å²) in [6, 6.07) is 20.0. The molecule has 3 amide bonds. The van der Waals surface area contributed by atoms with Crippen molar-refractivity contribution < 1.29 is 41.9 Å². The number of likely N-dealkylation sites (tertiary alicyclic amines) is 1. The molecule has 2 aliphatic rings. The van der Waals surface area contributed by atoms with Gasteiger partial charge < -0.3 is 20.6 Å². The molecule has 1 aromatic heterocycles. The summed E-state index contributed by atoms with van der Waals surface area (Å²) >= 11 is 0. The van der Waals surface area contributed by atoms with Gasteiger partial charge in [-0.3, -0.25) is 23.9 Å². The maximum absolute atomic E-state index is 13.8. The number of anilines is 2. The lowest BCUT2D eigenvalue weighted by Crippen LogP contribution is -2.54. The van der Waals surface area contributed by atoms with Crippen LogP contribution < -0.4 is 15.5 Å². The van der Waals surface area contributed by atoms with Gasteiger partial charge in [-0.25, -0.2) is 4.79 Å². The maximum atomic E-state index is 13.8. The molecule has 6 rings (SSSR count). The van der Waals surface area contributed by atoms with Gasteiger partial charge in [0, 0.05) is 67.5 Å². The Morgan fingerprint density at radius 3 is 2.28 bits per heavy atom. The van der Waals surface area contributed by atoms with Gasteiger partial charge in [0.1, 0.15) is 0 Å². The van der Waals surface area contributed by atoms with E-state index in [1.54, 1.807) is 36.4 Å². The van der Waals surface area contributed by atoms with Gasteiger partial charge in [-0.05, 0) is 91.4 Å². The van der Waals surface area contributed by atoms with Crippen molar-refractivity contribution in [3.05, 3.63) is 113 Å². The molecular weight excluding hydrogens is 699 g/mol. The van der Waals surface area contributed by atoms with Crippen molar-refractivity contribution in [1.82, 2.24) is 10.3 Å². The number of amides is 3. The summed E-state index contributed by atoms with van der Waals surface area (Å²) in [7, 11) is 1.84. The normalized spacial score (nSPS) is 18.8. The number of quaternary nitrogens is 1. The van der Waals surface area contributed by atoms with Crippen LogP contribution in [0, 0.1) is 5.92 Å². The van der Waals surface area contributed by atoms with Gasteiger partial charge in [-0.15, -0.1) is 0 Å². The molecule has 10 nitrogen and oxygen atoms in total. The van der Waals surface area contributed by atoms with Crippen LogP contribution in [0.5, 0.6) is 0 Å². The number of carboxylic acid groups (broad SMARTS) is 1. The fourth-order valence-electron chi connectivity index (χ4n) is 7.21. The number of carbonyl (C=O) groups is 4. The molecule has 0 bridgehead atoms. The Morgan fingerprint density at radius 1 is 0.852 bits per heavy atom. The summed E-state index contributed by atoms with van der Waals surface area (Å²) in [5.41, 5.74) is 2.73. The number of hydrogen-bond acceptors (Lipinski definition) is 6. The highest BCUT2D eigenvalue weighted by atomic mass is 19.4. The van der Waals surface area contributed by atoms with Crippen LogP contribution >= 0.6 is 0 Å². The van der Waals surface area contributed by atoms with Crippen molar-refractivity contribution in [2.45, 2.75) is 51.2 Å². The molecule has 0 saturated carbocycles. The van der Waals surface area contributed by atoms with Crippen molar-refractivity contribution in [2.24, 2.45) is 5.92 Å². The number of aromatic nitrogens is 1. The molecule has 0 unspecified atom stereocenters. The Hall–Kier alpha value is -5.56.